The van der Waals surface area contributed by atoms with Gasteiger partial charge in [0.15, 0.2) is 0 Å². The Balaban J connectivity index is 1.33. The summed E-state index contributed by atoms with van der Waals surface area (Å²) in [5.41, 5.74) is -4.08. The third-order valence-electron chi connectivity index (χ3n) is 5.68. The fourth-order valence-corrected chi connectivity index (χ4v) is 3.86. The van der Waals surface area contributed by atoms with Crippen molar-refractivity contribution >= 4 is 17.5 Å². The molecule has 17 heteroatoms. The number of H-pyrrole nitrogens is 1. The average Bonchev–Trinajstić information content (AvgIpc) is 3.30. The highest BCUT2D eigenvalue weighted by Gasteiger charge is 2.37. The molecule has 1 fully saturated rings. The molecule has 4 heterocycles. The number of aromatic nitrogens is 6. The lowest BCUT2D eigenvalue weighted by atomic mass is 10.2. The van der Waals surface area contributed by atoms with Crippen molar-refractivity contribution in [1.82, 2.24) is 34.8 Å². The van der Waals surface area contributed by atoms with Crippen LogP contribution in [0.3, 0.4) is 0 Å². The highest BCUT2D eigenvalue weighted by Crippen LogP contribution is 2.32. The van der Waals surface area contributed by atoms with Crippen LogP contribution in [-0.2, 0) is 18.9 Å². The van der Waals surface area contributed by atoms with Crippen molar-refractivity contribution in [3.63, 3.8) is 0 Å². The molecule has 2 N–H and O–H groups in total. The molecule has 204 valence electrons. The number of amides is 1. The van der Waals surface area contributed by atoms with Crippen LogP contribution in [0, 0.1) is 0 Å². The van der Waals surface area contributed by atoms with E-state index in [2.05, 4.69) is 25.5 Å². The number of carbonyl (C=O) groups is 1. The van der Waals surface area contributed by atoms with Crippen LogP contribution in [0.25, 0.3) is 0 Å². The van der Waals surface area contributed by atoms with Crippen LogP contribution in [0.15, 0.2) is 35.6 Å². The molecule has 3 aromatic rings. The standard InChI is InChI=1S/C21H21F6N9O2/c1-12(31-15-10-30-32-17(37)16(15)21(25,26)27)11-36-3-2-14(33-36)18(38)34-4-6-35(7-5-34)19-28-8-13(9-29-19)20(22,23)24/h2-3,8-10,12H,4-7,11H2,1H3,(H2,31,32,37)/t12-/m0/s1. The van der Waals surface area contributed by atoms with Crippen molar-refractivity contribution in [2.75, 3.05) is 36.4 Å². The van der Waals surface area contributed by atoms with Crippen molar-refractivity contribution in [2.45, 2.75) is 31.9 Å². The highest BCUT2D eigenvalue weighted by molar-refractivity contribution is 5.92. The van der Waals surface area contributed by atoms with E-state index in [0.29, 0.717) is 25.5 Å². The van der Waals surface area contributed by atoms with Gasteiger partial charge in [-0.05, 0) is 13.0 Å². The summed E-state index contributed by atoms with van der Waals surface area (Å²) in [4.78, 5) is 35.2. The van der Waals surface area contributed by atoms with Gasteiger partial charge in [0.25, 0.3) is 11.5 Å². The van der Waals surface area contributed by atoms with Gasteiger partial charge < -0.3 is 15.1 Å². The van der Waals surface area contributed by atoms with Crippen LogP contribution in [0.2, 0.25) is 0 Å². The third-order valence-corrected chi connectivity index (χ3v) is 5.68. The summed E-state index contributed by atoms with van der Waals surface area (Å²) >= 11 is 0. The number of rotatable bonds is 6. The molecule has 0 spiro atoms. The predicted octanol–water partition coefficient (Wildman–Crippen LogP) is 2.26. The normalized spacial score (nSPS) is 15.4. The minimum Gasteiger partial charge on any atom is -0.379 e. The molecular weight excluding hydrogens is 524 g/mol. The number of nitrogens with zero attached hydrogens (tertiary/aromatic N) is 7. The van der Waals surface area contributed by atoms with Gasteiger partial charge in [-0.25, -0.2) is 15.1 Å². The molecule has 38 heavy (non-hydrogen) atoms. The Morgan fingerprint density at radius 3 is 2.32 bits per heavy atom. The van der Waals surface area contributed by atoms with Gasteiger partial charge in [0.05, 0.1) is 24.0 Å². The first-order valence-electron chi connectivity index (χ1n) is 11.2. The molecule has 1 atom stereocenters. The molecule has 11 nitrogen and oxygen atoms in total. The molecule has 3 aromatic heterocycles. The molecule has 0 bridgehead atoms. The number of piperazine rings is 1. The fourth-order valence-electron chi connectivity index (χ4n) is 3.86. The second-order valence-electron chi connectivity index (χ2n) is 8.50. The lowest BCUT2D eigenvalue weighted by Crippen LogP contribution is -2.49. The van der Waals surface area contributed by atoms with Gasteiger partial charge in [-0.15, -0.1) is 0 Å². The molecule has 1 amide bonds. The second-order valence-corrected chi connectivity index (χ2v) is 8.50. The Morgan fingerprint density at radius 1 is 1.05 bits per heavy atom. The Kier molecular flexibility index (Phi) is 7.28. The van der Waals surface area contributed by atoms with Gasteiger partial charge in [-0.1, -0.05) is 0 Å². The summed E-state index contributed by atoms with van der Waals surface area (Å²) in [7, 11) is 0. The van der Waals surface area contributed by atoms with Crippen molar-refractivity contribution in [2.24, 2.45) is 0 Å². The van der Waals surface area contributed by atoms with Crippen molar-refractivity contribution in [1.29, 1.82) is 0 Å². The molecule has 0 saturated carbocycles. The maximum Gasteiger partial charge on any atom is 0.423 e. The van der Waals surface area contributed by atoms with Crippen LogP contribution in [0.4, 0.5) is 38.0 Å². The minimum atomic E-state index is -4.88. The van der Waals surface area contributed by atoms with Gasteiger partial charge in [0.1, 0.15) is 11.3 Å². The summed E-state index contributed by atoms with van der Waals surface area (Å²) in [5.74, 6) is -0.254. The van der Waals surface area contributed by atoms with Gasteiger partial charge in [0, 0.05) is 50.8 Å². The Bertz CT molecular complexity index is 1330. The predicted molar refractivity (Wildman–Crippen MR) is 120 cm³/mol. The van der Waals surface area contributed by atoms with E-state index in [1.807, 2.05) is 0 Å². The van der Waals surface area contributed by atoms with Crippen LogP contribution < -0.4 is 15.8 Å². The molecule has 0 radical (unpaired) electrons. The molecule has 4 rings (SSSR count). The zero-order valence-corrected chi connectivity index (χ0v) is 19.7. The highest BCUT2D eigenvalue weighted by atomic mass is 19.4. The zero-order valence-electron chi connectivity index (χ0n) is 19.7. The van der Waals surface area contributed by atoms with E-state index in [9.17, 15) is 35.9 Å². The summed E-state index contributed by atoms with van der Waals surface area (Å²) in [6.45, 7) is 2.76. The molecule has 1 aliphatic rings. The number of hydrogen-bond acceptors (Lipinski definition) is 8. The zero-order chi connectivity index (χ0) is 27.7. The number of aromatic amines is 1. The van der Waals surface area contributed by atoms with E-state index in [1.54, 1.807) is 16.9 Å². The first-order chi connectivity index (χ1) is 17.8. The van der Waals surface area contributed by atoms with Crippen molar-refractivity contribution in [3.8, 4) is 0 Å². The number of carbonyl (C=O) groups excluding carboxylic acids is 1. The summed E-state index contributed by atoms with van der Waals surface area (Å²) in [5, 5.41) is 12.0. The second kappa shape index (κ2) is 10.3. The van der Waals surface area contributed by atoms with Crippen LogP contribution in [0.1, 0.15) is 28.5 Å². The number of halogens is 6. The Morgan fingerprint density at radius 2 is 1.71 bits per heavy atom. The smallest absolute Gasteiger partial charge is 0.379 e. The minimum absolute atomic E-state index is 0.0798. The van der Waals surface area contributed by atoms with E-state index in [-0.39, 0.29) is 37.2 Å². The summed E-state index contributed by atoms with van der Waals surface area (Å²) in [6, 6.07) is 0.853. The van der Waals surface area contributed by atoms with Crippen molar-refractivity contribution < 1.29 is 31.1 Å². The summed E-state index contributed by atoms with van der Waals surface area (Å²) < 4.78 is 79.2. The van der Waals surface area contributed by atoms with Crippen LogP contribution >= 0.6 is 0 Å². The topological polar surface area (TPSA) is 125 Å². The summed E-state index contributed by atoms with van der Waals surface area (Å²) in [6.07, 6.45) is -5.64. The maximum absolute atomic E-state index is 13.2. The van der Waals surface area contributed by atoms with E-state index in [4.69, 9.17) is 0 Å². The van der Waals surface area contributed by atoms with E-state index in [0.717, 1.165) is 6.20 Å². The monoisotopic (exact) mass is 545 g/mol. The van der Waals surface area contributed by atoms with E-state index in [1.165, 1.54) is 21.8 Å². The molecule has 1 aliphatic heterocycles. The number of hydrogen-bond donors (Lipinski definition) is 2. The molecule has 1 saturated heterocycles. The van der Waals surface area contributed by atoms with Crippen LogP contribution in [-0.4, -0.2) is 73.0 Å². The van der Waals surface area contributed by atoms with Gasteiger partial charge >= 0.3 is 12.4 Å². The molecule has 0 aromatic carbocycles. The molecular formula is C21H21F6N9O2. The Labute approximate surface area is 210 Å². The van der Waals surface area contributed by atoms with Gasteiger partial charge in [-0.2, -0.15) is 36.5 Å². The van der Waals surface area contributed by atoms with E-state index < -0.39 is 40.8 Å². The Hall–Kier alpha value is -4.18. The average molecular weight is 545 g/mol. The largest absolute Gasteiger partial charge is 0.423 e. The number of anilines is 2. The number of alkyl halides is 6. The number of nitrogens with one attached hydrogen (secondary N) is 2. The lowest BCUT2D eigenvalue weighted by Gasteiger charge is -2.34. The first-order valence-corrected chi connectivity index (χ1v) is 11.2. The SMILES string of the molecule is C[C@@H](Cn1ccc(C(=O)N2CCN(c3ncc(C(F)(F)F)cn3)CC2)n1)Nc1cn[nH]c(=O)c1C(F)(F)F. The molecule has 0 aliphatic carbocycles. The third kappa shape index (κ3) is 6.03. The fraction of sp³-hybridized carbons (Fsp3) is 0.429. The van der Waals surface area contributed by atoms with Gasteiger partial charge in [0.2, 0.25) is 5.95 Å². The van der Waals surface area contributed by atoms with Crippen molar-refractivity contribution in [3.05, 3.63) is 58.0 Å². The molecule has 0 unspecified atom stereocenters. The van der Waals surface area contributed by atoms with E-state index >= 15 is 0 Å². The lowest BCUT2D eigenvalue weighted by molar-refractivity contribution is -0.139. The van der Waals surface area contributed by atoms with Gasteiger partial charge in [-0.3, -0.25) is 14.3 Å². The maximum atomic E-state index is 13.2. The van der Waals surface area contributed by atoms with Crippen LogP contribution in [0.5, 0.6) is 0 Å². The first kappa shape index (κ1) is 26.9. The quantitative estimate of drug-likeness (QED) is 0.452.